The van der Waals surface area contributed by atoms with Crippen LogP contribution in [0, 0.1) is 0 Å². The number of nitrogens with zero attached hydrogens (tertiary/aromatic N) is 2. The van der Waals surface area contributed by atoms with Crippen molar-refractivity contribution in [2.24, 2.45) is 0 Å². The van der Waals surface area contributed by atoms with Crippen molar-refractivity contribution in [3.63, 3.8) is 0 Å². The molecule has 0 bridgehead atoms. The van der Waals surface area contributed by atoms with E-state index in [1.54, 1.807) is 31.2 Å². The fraction of sp³-hybridized carbons (Fsp3) is 0.200. The van der Waals surface area contributed by atoms with E-state index < -0.39 is 11.9 Å². The van der Waals surface area contributed by atoms with E-state index in [-0.39, 0.29) is 23.7 Å². The second kappa shape index (κ2) is 7.16. The van der Waals surface area contributed by atoms with Gasteiger partial charge in [0.05, 0.1) is 25.0 Å². The molecule has 0 saturated heterocycles. The number of rotatable bonds is 5. The van der Waals surface area contributed by atoms with E-state index in [4.69, 9.17) is 9.47 Å². The molecule has 7 nitrogen and oxygen atoms in total. The Morgan fingerprint density at radius 2 is 2.00 bits per heavy atom. The van der Waals surface area contributed by atoms with Gasteiger partial charge in [-0.3, -0.25) is 4.79 Å². The number of amides is 1. The van der Waals surface area contributed by atoms with Gasteiger partial charge in [0.2, 0.25) is 5.88 Å². The maximum Gasteiger partial charge on any atom is 0.340 e. The Bertz CT molecular complexity index is 688. The van der Waals surface area contributed by atoms with Crippen molar-refractivity contribution in [3.8, 4) is 5.88 Å². The first-order valence-corrected chi connectivity index (χ1v) is 6.59. The molecule has 1 N–H and O–H groups in total. The zero-order valence-corrected chi connectivity index (χ0v) is 12.2. The normalized spacial score (nSPS) is 9.91. The Balaban J connectivity index is 2.23. The zero-order valence-electron chi connectivity index (χ0n) is 12.2. The highest BCUT2D eigenvalue weighted by Crippen LogP contribution is 2.17. The number of hydrogen-bond donors (Lipinski definition) is 1. The molecule has 0 spiro atoms. The van der Waals surface area contributed by atoms with Crippen LogP contribution in [0.1, 0.15) is 27.8 Å². The summed E-state index contributed by atoms with van der Waals surface area (Å²) in [6.45, 7) is 1.97. The van der Waals surface area contributed by atoms with Gasteiger partial charge in [-0.15, -0.1) is 0 Å². The number of esters is 1. The molecular formula is C15H15N3O4. The quantitative estimate of drug-likeness (QED) is 0.848. The topological polar surface area (TPSA) is 90.4 Å². The molecule has 0 aliphatic carbocycles. The first-order chi connectivity index (χ1) is 10.7. The van der Waals surface area contributed by atoms with Crippen molar-refractivity contribution >= 4 is 17.6 Å². The number of anilines is 1. The number of carbonyl (C=O) groups is 2. The maximum absolute atomic E-state index is 12.2. The molecule has 1 amide bonds. The Morgan fingerprint density at radius 3 is 2.73 bits per heavy atom. The van der Waals surface area contributed by atoms with Gasteiger partial charge in [-0.25, -0.2) is 14.8 Å². The van der Waals surface area contributed by atoms with Gasteiger partial charge >= 0.3 is 5.97 Å². The minimum atomic E-state index is -0.501. The van der Waals surface area contributed by atoms with Crippen molar-refractivity contribution in [1.82, 2.24) is 9.97 Å². The van der Waals surface area contributed by atoms with Gasteiger partial charge in [0.1, 0.15) is 12.0 Å². The van der Waals surface area contributed by atoms with Gasteiger partial charge in [-0.2, -0.15) is 0 Å². The van der Waals surface area contributed by atoms with Crippen molar-refractivity contribution in [2.45, 2.75) is 6.92 Å². The Morgan fingerprint density at radius 1 is 1.23 bits per heavy atom. The van der Waals surface area contributed by atoms with E-state index in [0.717, 1.165) is 0 Å². The number of hydrogen-bond acceptors (Lipinski definition) is 6. The minimum absolute atomic E-state index is 0.130. The van der Waals surface area contributed by atoms with Crippen LogP contribution in [0.3, 0.4) is 0 Å². The zero-order chi connectivity index (χ0) is 15.9. The summed E-state index contributed by atoms with van der Waals surface area (Å²) in [5, 5.41) is 2.63. The fourth-order valence-electron chi connectivity index (χ4n) is 1.74. The monoisotopic (exact) mass is 301 g/mol. The number of benzene rings is 1. The summed E-state index contributed by atoms with van der Waals surface area (Å²) in [5.41, 5.74) is 0.757. The summed E-state index contributed by atoms with van der Waals surface area (Å²) in [6.07, 6.45) is 1.23. The van der Waals surface area contributed by atoms with Crippen LogP contribution in [-0.4, -0.2) is 35.6 Å². The largest absolute Gasteiger partial charge is 0.481 e. The van der Waals surface area contributed by atoms with E-state index in [1.165, 1.54) is 19.5 Å². The molecule has 114 valence electrons. The van der Waals surface area contributed by atoms with Crippen LogP contribution in [0.15, 0.2) is 36.7 Å². The number of ether oxygens (including phenoxy) is 2. The van der Waals surface area contributed by atoms with Gasteiger partial charge in [-0.1, -0.05) is 12.1 Å². The lowest BCUT2D eigenvalue weighted by Gasteiger charge is -2.10. The van der Waals surface area contributed by atoms with Crippen LogP contribution in [0.5, 0.6) is 5.88 Å². The Kier molecular flexibility index (Phi) is 5.02. The van der Waals surface area contributed by atoms with Gasteiger partial charge in [-0.05, 0) is 19.1 Å². The summed E-state index contributed by atoms with van der Waals surface area (Å²) in [5.74, 6) is -0.699. The average molecular weight is 301 g/mol. The third kappa shape index (κ3) is 3.57. The molecule has 1 aromatic heterocycles. The molecule has 0 aliphatic rings. The maximum atomic E-state index is 12.2. The second-order valence-corrected chi connectivity index (χ2v) is 4.17. The van der Waals surface area contributed by atoms with E-state index in [0.29, 0.717) is 5.69 Å². The van der Waals surface area contributed by atoms with Crippen molar-refractivity contribution < 1.29 is 19.1 Å². The molecule has 0 atom stereocenters. The molecule has 0 radical (unpaired) electrons. The first-order valence-electron chi connectivity index (χ1n) is 6.59. The smallest absolute Gasteiger partial charge is 0.340 e. The van der Waals surface area contributed by atoms with E-state index >= 15 is 0 Å². The van der Waals surface area contributed by atoms with E-state index in [2.05, 4.69) is 15.3 Å². The summed E-state index contributed by atoms with van der Waals surface area (Å²) >= 11 is 0. The molecule has 22 heavy (non-hydrogen) atoms. The Labute approximate surface area is 127 Å². The fourth-order valence-corrected chi connectivity index (χ4v) is 1.74. The minimum Gasteiger partial charge on any atom is -0.481 e. The first kappa shape index (κ1) is 15.4. The van der Waals surface area contributed by atoms with E-state index in [9.17, 15) is 9.59 Å². The molecule has 7 heteroatoms. The van der Waals surface area contributed by atoms with Crippen LogP contribution in [0.2, 0.25) is 0 Å². The lowest BCUT2D eigenvalue weighted by atomic mass is 10.1. The average Bonchev–Trinajstić information content (AvgIpc) is 2.55. The van der Waals surface area contributed by atoms with Crippen molar-refractivity contribution in [2.75, 3.05) is 19.0 Å². The predicted molar refractivity (Wildman–Crippen MR) is 78.9 cm³/mol. The van der Waals surface area contributed by atoms with Crippen molar-refractivity contribution in [1.29, 1.82) is 0 Å². The van der Waals surface area contributed by atoms with Crippen LogP contribution >= 0.6 is 0 Å². The molecule has 0 aliphatic heterocycles. The molecule has 1 aromatic carbocycles. The molecular weight excluding hydrogens is 286 g/mol. The summed E-state index contributed by atoms with van der Waals surface area (Å²) in [7, 11) is 1.44. The van der Waals surface area contributed by atoms with Gasteiger partial charge in [0, 0.05) is 6.07 Å². The molecule has 1 heterocycles. The third-order valence-electron chi connectivity index (χ3n) is 2.75. The van der Waals surface area contributed by atoms with E-state index in [1.807, 2.05) is 0 Å². The van der Waals surface area contributed by atoms with Crippen LogP contribution in [-0.2, 0) is 4.74 Å². The van der Waals surface area contributed by atoms with Crippen LogP contribution in [0.25, 0.3) is 0 Å². The number of methoxy groups -OCH3 is 1. The lowest BCUT2D eigenvalue weighted by Crippen LogP contribution is -2.17. The Hall–Kier alpha value is -2.96. The standard InChI is InChI=1S/C15H15N3O4/c1-3-22-15(20)10-6-4-5-7-11(10)18-14(19)12-8-13(21-2)17-9-16-12/h4-9H,3H2,1-2H3,(H,18,19). The van der Waals surface area contributed by atoms with Crippen LogP contribution in [0.4, 0.5) is 5.69 Å². The van der Waals surface area contributed by atoms with Crippen molar-refractivity contribution in [3.05, 3.63) is 47.9 Å². The number of nitrogens with one attached hydrogen (secondary N) is 1. The summed E-state index contributed by atoms with van der Waals surface area (Å²) < 4.78 is 9.90. The molecule has 2 rings (SSSR count). The molecule has 0 saturated carbocycles. The number of carbonyl (C=O) groups excluding carboxylic acids is 2. The lowest BCUT2D eigenvalue weighted by molar-refractivity contribution is 0.0527. The second-order valence-electron chi connectivity index (χ2n) is 4.17. The van der Waals surface area contributed by atoms with Gasteiger partial charge in [0.15, 0.2) is 0 Å². The van der Waals surface area contributed by atoms with Crippen LogP contribution < -0.4 is 10.1 Å². The summed E-state index contributed by atoms with van der Waals surface area (Å²) in [6, 6.07) is 7.99. The molecule has 0 unspecified atom stereocenters. The number of aromatic nitrogens is 2. The highest BCUT2D eigenvalue weighted by atomic mass is 16.5. The summed E-state index contributed by atoms with van der Waals surface area (Å²) in [4.78, 5) is 31.8. The van der Waals surface area contributed by atoms with Gasteiger partial charge in [0.25, 0.3) is 5.91 Å². The predicted octanol–water partition coefficient (Wildman–Crippen LogP) is 1.91. The van der Waals surface area contributed by atoms with Gasteiger partial charge < -0.3 is 14.8 Å². The SMILES string of the molecule is CCOC(=O)c1ccccc1NC(=O)c1cc(OC)ncn1. The number of para-hydroxylation sites is 1. The third-order valence-corrected chi connectivity index (χ3v) is 2.75. The molecule has 2 aromatic rings. The highest BCUT2D eigenvalue weighted by molar-refractivity contribution is 6.07. The molecule has 0 fully saturated rings. The highest BCUT2D eigenvalue weighted by Gasteiger charge is 2.16.